The summed E-state index contributed by atoms with van der Waals surface area (Å²) in [5.41, 5.74) is 1.09. The lowest BCUT2D eigenvalue weighted by atomic mass is 10.1. The van der Waals surface area contributed by atoms with E-state index in [9.17, 15) is 14.0 Å². The fraction of sp³-hybridized carbons (Fsp3) is 0.0714. The third-order valence-electron chi connectivity index (χ3n) is 3.10. The maximum absolute atomic E-state index is 13.2. The summed E-state index contributed by atoms with van der Waals surface area (Å²) in [5, 5.41) is 0.267. The van der Waals surface area contributed by atoms with Crippen LogP contribution in [0.15, 0.2) is 36.5 Å². The Hall–Kier alpha value is -2.27. The second-order valence-corrected chi connectivity index (χ2v) is 4.69. The van der Waals surface area contributed by atoms with Crippen LogP contribution in [0.3, 0.4) is 0 Å². The van der Waals surface area contributed by atoms with Crippen LogP contribution in [-0.2, 0) is 11.3 Å². The van der Waals surface area contributed by atoms with Crippen LogP contribution >= 0.6 is 11.6 Å². The molecule has 20 heavy (non-hydrogen) atoms. The van der Waals surface area contributed by atoms with Crippen molar-refractivity contribution in [2.24, 2.45) is 0 Å². The number of nitrogens with zero attached hydrogens (tertiary/aromatic N) is 2. The molecule has 2 aromatic rings. The summed E-state index contributed by atoms with van der Waals surface area (Å²) < 4.78 is 13.2. The molecule has 0 atom stereocenters. The summed E-state index contributed by atoms with van der Waals surface area (Å²) in [6.45, 7) is 0.121. The number of benzene rings is 1. The monoisotopic (exact) mass is 290 g/mol. The van der Waals surface area contributed by atoms with E-state index in [1.165, 1.54) is 23.2 Å². The molecule has 1 aromatic heterocycles. The minimum Gasteiger partial charge on any atom is -0.300 e. The van der Waals surface area contributed by atoms with Gasteiger partial charge >= 0.3 is 0 Å². The van der Waals surface area contributed by atoms with Gasteiger partial charge in [-0.25, -0.2) is 9.37 Å². The smallest absolute Gasteiger partial charge is 0.299 e. The largest absolute Gasteiger partial charge is 0.300 e. The van der Waals surface area contributed by atoms with Crippen LogP contribution in [0.5, 0.6) is 0 Å². The van der Waals surface area contributed by atoms with Gasteiger partial charge in [0.25, 0.3) is 11.7 Å². The molecule has 0 radical (unpaired) electrons. The van der Waals surface area contributed by atoms with Gasteiger partial charge in [-0.3, -0.25) is 9.59 Å². The van der Waals surface area contributed by atoms with Gasteiger partial charge in [0, 0.05) is 11.8 Å². The van der Waals surface area contributed by atoms with Crippen molar-refractivity contribution >= 4 is 29.0 Å². The number of carbonyl (C=O) groups excluding carboxylic acids is 2. The van der Waals surface area contributed by atoms with Crippen LogP contribution in [-0.4, -0.2) is 16.7 Å². The molecule has 1 aliphatic rings. The molecule has 100 valence electrons. The summed E-state index contributed by atoms with van der Waals surface area (Å²) >= 11 is 5.95. The van der Waals surface area contributed by atoms with Crippen LogP contribution in [0.1, 0.15) is 15.9 Å². The molecule has 0 spiro atoms. The number of hydrogen-bond acceptors (Lipinski definition) is 3. The Morgan fingerprint density at radius 3 is 2.80 bits per heavy atom. The molecule has 4 nitrogen and oxygen atoms in total. The Kier molecular flexibility index (Phi) is 2.99. The fourth-order valence-corrected chi connectivity index (χ4v) is 2.32. The van der Waals surface area contributed by atoms with Crippen molar-refractivity contribution in [3.05, 3.63) is 58.6 Å². The molecule has 1 aromatic carbocycles. The number of carbonyl (C=O) groups is 2. The fourth-order valence-electron chi connectivity index (χ4n) is 2.14. The molecular weight excluding hydrogens is 283 g/mol. The summed E-state index contributed by atoms with van der Waals surface area (Å²) in [7, 11) is 0. The van der Waals surface area contributed by atoms with E-state index in [0.29, 0.717) is 11.3 Å². The quantitative estimate of drug-likeness (QED) is 0.631. The van der Waals surface area contributed by atoms with E-state index in [1.807, 2.05) is 0 Å². The summed E-state index contributed by atoms with van der Waals surface area (Å²) in [4.78, 5) is 29.0. The summed E-state index contributed by atoms with van der Waals surface area (Å²) in [6.07, 6.45) is 1.53. The van der Waals surface area contributed by atoms with E-state index in [1.54, 1.807) is 12.1 Å². The normalized spacial score (nSPS) is 13.8. The molecule has 0 N–H and O–H groups in total. The summed E-state index contributed by atoms with van der Waals surface area (Å²) in [6, 6.07) is 7.10. The number of fused-ring (bicyclic) bond motifs is 1. The van der Waals surface area contributed by atoms with Gasteiger partial charge < -0.3 is 4.90 Å². The Morgan fingerprint density at radius 2 is 2.05 bits per heavy atom. The zero-order chi connectivity index (χ0) is 14.3. The number of aromatic nitrogens is 1. The topological polar surface area (TPSA) is 50.3 Å². The minimum atomic E-state index is -0.709. The van der Waals surface area contributed by atoms with E-state index in [0.717, 1.165) is 6.07 Å². The SMILES string of the molecule is O=C1C(=O)N(Cc2cccnc2Cl)c2ccc(F)cc21. The third-order valence-corrected chi connectivity index (χ3v) is 3.44. The lowest BCUT2D eigenvalue weighted by Gasteiger charge is -2.16. The molecule has 3 rings (SSSR count). The number of anilines is 1. The van der Waals surface area contributed by atoms with E-state index in [2.05, 4.69) is 4.98 Å². The highest BCUT2D eigenvalue weighted by atomic mass is 35.5. The van der Waals surface area contributed by atoms with Crippen LogP contribution in [0.4, 0.5) is 10.1 Å². The standard InChI is InChI=1S/C14H8ClFN2O2/c15-13-8(2-1-5-17-13)7-18-11-4-3-9(16)6-10(11)12(19)14(18)20/h1-6H,7H2. The van der Waals surface area contributed by atoms with Gasteiger partial charge in [0.05, 0.1) is 17.8 Å². The maximum Gasteiger partial charge on any atom is 0.299 e. The molecule has 6 heteroatoms. The van der Waals surface area contributed by atoms with Gasteiger partial charge in [0.1, 0.15) is 11.0 Å². The Balaban J connectivity index is 2.02. The van der Waals surface area contributed by atoms with Crippen LogP contribution in [0.25, 0.3) is 0 Å². The molecular formula is C14H8ClFN2O2. The number of ketones is 1. The Labute approximate surface area is 118 Å². The average Bonchev–Trinajstić information content (AvgIpc) is 2.66. The molecule has 2 heterocycles. The zero-order valence-electron chi connectivity index (χ0n) is 10.1. The molecule has 1 aliphatic heterocycles. The van der Waals surface area contributed by atoms with Gasteiger partial charge in [-0.2, -0.15) is 0 Å². The molecule has 0 saturated heterocycles. The van der Waals surface area contributed by atoms with Crippen LogP contribution in [0, 0.1) is 5.82 Å². The molecule has 1 amide bonds. The van der Waals surface area contributed by atoms with Gasteiger partial charge in [0.2, 0.25) is 0 Å². The predicted molar refractivity (Wildman–Crippen MR) is 71.2 cm³/mol. The van der Waals surface area contributed by atoms with Gasteiger partial charge in [-0.15, -0.1) is 0 Å². The number of hydrogen-bond donors (Lipinski definition) is 0. The van der Waals surface area contributed by atoms with Crippen molar-refractivity contribution in [2.45, 2.75) is 6.54 Å². The number of amides is 1. The van der Waals surface area contributed by atoms with Gasteiger partial charge in [-0.05, 0) is 24.3 Å². The van der Waals surface area contributed by atoms with Crippen molar-refractivity contribution in [1.82, 2.24) is 4.98 Å². The van der Waals surface area contributed by atoms with Crippen molar-refractivity contribution < 1.29 is 14.0 Å². The first-order chi connectivity index (χ1) is 9.58. The second-order valence-electron chi connectivity index (χ2n) is 4.34. The Morgan fingerprint density at radius 1 is 1.25 bits per heavy atom. The van der Waals surface area contributed by atoms with Crippen LogP contribution < -0.4 is 4.90 Å². The number of halogens is 2. The molecule has 0 aliphatic carbocycles. The molecule has 0 unspecified atom stereocenters. The van der Waals surface area contributed by atoms with E-state index in [-0.39, 0.29) is 17.3 Å². The molecule has 0 bridgehead atoms. The highest BCUT2D eigenvalue weighted by molar-refractivity contribution is 6.52. The number of pyridine rings is 1. The van der Waals surface area contributed by atoms with E-state index in [4.69, 9.17) is 11.6 Å². The maximum atomic E-state index is 13.2. The first kappa shape index (κ1) is 12.7. The van der Waals surface area contributed by atoms with E-state index >= 15 is 0 Å². The van der Waals surface area contributed by atoms with Crippen molar-refractivity contribution in [2.75, 3.05) is 4.90 Å². The first-order valence-electron chi connectivity index (χ1n) is 5.83. The highest BCUT2D eigenvalue weighted by Crippen LogP contribution is 2.31. The van der Waals surface area contributed by atoms with E-state index < -0.39 is 17.5 Å². The zero-order valence-corrected chi connectivity index (χ0v) is 10.9. The molecule has 0 saturated carbocycles. The van der Waals surface area contributed by atoms with Crippen molar-refractivity contribution in [3.8, 4) is 0 Å². The lowest BCUT2D eigenvalue weighted by molar-refractivity contribution is -0.114. The summed E-state index contributed by atoms with van der Waals surface area (Å²) in [5.74, 6) is -1.95. The van der Waals surface area contributed by atoms with Gasteiger partial charge in [-0.1, -0.05) is 17.7 Å². The van der Waals surface area contributed by atoms with Gasteiger partial charge in [0.15, 0.2) is 0 Å². The Bertz CT molecular complexity index is 733. The number of Topliss-reactive ketones (excluding diaryl/α,β-unsaturated/α-hetero) is 1. The molecule has 0 fully saturated rings. The average molecular weight is 291 g/mol. The van der Waals surface area contributed by atoms with Crippen molar-refractivity contribution in [3.63, 3.8) is 0 Å². The predicted octanol–water partition coefficient (Wildman–Crippen LogP) is 2.60. The lowest BCUT2D eigenvalue weighted by Crippen LogP contribution is -2.29. The highest BCUT2D eigenvalue weighted by Gasteiger charge is 2.36. The first-order valence-corrected chi connectivity index (χ1v) is 6.21. The second kappa shape index (κ2) is 4.68. The number of rotatable bonds is 2. The third kappa shape index (κ3) is 1.96. The minimum absolute atomic E-state index is 0.0787. The van der Waals surface area contributed by atoms with Crippen LogP contribution in [0.2, 0.25) is 5.15 Å². The van der Waals surface area contributed by atoms with Crippen molar-refractivity contribution in [1.29, 1.82) is 0 Å².